The molecule has 1 N–H and O–H groups in total. The number of halogens is 1. The third-order valence-corrected chi connectivity index (χ3v) is 6.15. The molecule has 1 aliphatic rings. The van der Waals surface area contributed by atoms with Crippen LogP contribution < -0.4 is 20.5 Å². The lowest BCUT2D eigenvalue weighted by Crippen LogP contribution is -2.38. The molecule has 3 heterocycles. The van der Waals surface area contributed by atoms with Gasteiger partial charge in [0, 0.05) is 38.5 Å². The van der Waals surface area contributed by atoms with Crippen LogP contribution in [0.3, 0.4) is 0 Å². The molecule has 0 saturated carbocycles. The first kappa shape index (κ1) is 23.1. The Labute approximate surface area is 198 Å². The molecule has 2 aromatic heterocycles. The molecule has 1 aliphatic heterocycles. The van der Waals surface area contributed by atoms with Crippen LogP contribution >= 0.6 is 11.6 Å². The zero-order chi connectivity index (χ0) is 23.5. The van der Waals surface area contributed by atoms with Crippen LogP contribution in [0.25, 0.3) is 11.4 Å². The number of nitrogens with one attached hydrogen (secondary N) is 1. The van der Waals surface area contributed by atoms with Crippen molar-refractivity contribution < 1.29 is 9.47 Å². The van der Waals surface area contributed by atoms with Gasteiger partial charge in [0.05, 0.1) is 30.0 Å². The van der Waals surface area contributed by atoms with Crippen LogP contribution in [-0.4, -0.2) is 53.5 Å². The monoisotopic (exact) mass is 469 g/mol. The van der Waals surface area contributed by atoms with Crippen LogP contribution in [0.4, 0.5) is 11.5 Å². The second-order valence-electron chi connectivity index (χ2n) is 7.94. The van der Waals surface area contributed by atoms with Crippen molar-refractivity contribution >= 4 is 23.1 Å². The summed E-state index contributed by atoms with van der Waals surface area (Å²) in [5.74, 6) is 2.03. The van der Waals surface area contributed by atoms with Gasteiger partial charge in [-0.3, -0.25) is 9.36 Å². The van der Waals surface area contributed by atoms with Crippen LogP contribution in [-0.2, 0) is 11.8 Å². The Hall–Kier alpha value is -3.10. The SMILES string of the molecule is CCOC1CN(c2ccccn2)CC1Nc1c(C)nc(-c2ccc(OC)cc2Cl)n(C)c1=O. The highest BCUT2D eigenvalue weighted by atomic mass is 35.5. The Morgan fingerprint density at radius 1 is 1.24 bits per heavy atom. The van der Waals surface area contributed by atoms with Gasteiger partial charge in [0.25, 0.3) is 5.56 Å². The Kier molecular flexibility index (Phi) is 6.85. The van der Waals surface area contributed by atoms with Gasteiger partial charge in [-0.25, -0.2) is 9.97 Å². The fourth-order valence-electron chi connectivity index (χ4n) is 4.13. The predicted molar refractivity (Wildman–Crippen MR) is 130 cm³/mol. The van der Waals surface area contributed by atoms with E-state index in [1.54, 1.807) is 32.5 Å². The lowest BCUT2D eigenvalue weighted by atomic mass is 10.1. The fraction of sp³-hybridized carbons (Fsp3) is 0.375. The summed E-state index contributed by atoms with van der Waals surface area (Å²) in [6.07, 6.45) is 1.69. The van der Waals surface area contributed by atoms with Gasteiger partial charge in [0.15, 0.2) is 0 Å². The van der Waals surface area contributed by atoms with Crippen molar-refractivity contribution in [3.05, 3.63) is 63.7 Å². The van der Waals surface area contributed by atoms with E-state index in [9.17, 15) is 4.79 Å². The summed E-state index contributed by atoms with van der Waals surface area (Å²) < 4.78 is 12.7. The van der Waals surface area contributed by atoms with Crippen LogP contribution in [0.1, 0.15) is 12.6 Å². The van der Waals surface area contributed by atoms with E-state index < -0.39 is 0 Å². The largest absolute Gasteiger partial charge is 0.497 e. The fourth-order valence-corrected chi connectivity index (χ4v) is 4.38. The van der Waals surface area contributed by atoms with Crippen LogP contribution in [0.5, 0.6) is 5.75 Å². The molecule has 0 aliphatic carbocycles. The summed E-state index contributed by atoms with van der Waals surface area (Å²) in [5.41, 5.74) is 1.56. The molecule has 0 bridgehead atoms. The minimum Gasteiger partial charge on any atom is -0.497 e. The van der Waals surface area contributed by atoms with Gasteiger partial charge in [0.2, 0.25) is 0 Å². The molecule has 2 unspecified atom stereocenters. The first-order chi connectivity index (χ1) is 15.9. The lowest BCUT2D eigenvalue weighted by Gasteiger charge is -2.22. The number of aromatic nitrogens is 3. The first-order valence-electron chi connectivity index (χ1n) is 10.9. The quantitative estimate of drug-likeness (QED) is 0.567. The summed E-state index contributed by atoms with van der Waals surface area (Å²) in [7, 11) is 3.28. The molecule has 9 heteroatoms. The van der Waals surface area contributed by atoms with E-state index in [1.807, 2.05) is 38.1 Å². The number of hydrogen-bond acceptors (Lipinski definition) is 7. The second-order valence-corrected chi connectivity index (χ2v) is 8.35. The van der Waals surface area contributed by atoms with Crippen molar-refractivity contribution in [3.8, 4) is 17.1 Å². The predicted octanol–water partition coefficient (Wildman–Crippen LogP) is 3.52. The van der Waals surface area contributed by atoms with E-state index >= 15 is 0 Å². The Balaban J connectivity index is 1.64. The molecule has 1 saturated heterocycles. The third kappa shape index (κ3) is 4.67. The normalized spacial score (nSPS) is 17.9. The van der Waals surface area contributed by atoms with Crippen molar-refractivity contribution in [2.75, 3.05) is 37.0 Å². The molecule has 3 aromatic rings. The maximum atomic E-state index is 13.3. The molecule has 1 aromatic carbocycles. The number of ether oxygens (including phenoxy) is 2. The number of anilines is 2. The molecule has 0 radical (unpaired) electrons. The molecule has 4 rings (SSSR count). The Morgan fingerprint density at radius 2 is 2.06 bits per heavy atom. The Bertz CT molecular complexity index is 1180. The van der Waals surface area contributed by atoms with Gasteiger partial charge in [0.1, 0.15) is 23.1 Å². The lowest BCUT2D eigenvalue weighted by molar-refractivity contribution is 0.0720. The van der Waals surface area contributed by atoms with Crippen LogP contribution in [0.2, 0.25) is 5.02 Å². The van der Waals surface area contributed by atoms with Crippen molar-refractivity contribution in [3.63, 3.8) is 0 Å². The molecule has 33 heavy (non-hydrogen) atoms. The highest BCUT2D eigenvalue weighted by Gasteiger charge is 2.35. The van der Waals surface area contributed by atoms with E-state index in [-0.39, 0.29) is 17.7 Å². The van der Waals surface area contributed by atoms with Crippen molar-refractivity contribution in [2.45, 2.75) is 26.0 Å². The molecule has 1 fully saturated rings. The minimum atomic E-state index is -0.170. The minimum absolute atomic E-state index is 0.0863. The van der Waals surface area contributed by atoms with Gasteiger partial charge in [-0.1, -0.05) is 17.7 Å². The standard InChI is InChI=1S/C24H28ClN5O3/c1-5-33-20-14-30(21-8-6-7-11-26-21)13-19(20)28-22-15(2)27-23(29(3)24(22)31)17-10-9-16(32-4)12-18(17)25/h6-12,19-20,28H,5,13-14H2,1-4H3. The van der Waals surface area contributed by atoms with Gasteiger partial charge in [-0.2, -0.15) is 0 Å². The molecule has 0 spiro atoms. The van der Waals surface area contributed by atoms with Crippen molar-refractivity contribution in [1.29, 1.82) is 0 Å². The van der Waals surface area contributed by atoms with Crippen LogP contribution in [0, 0.1) is 6.92 Å². The van der Waals surface area contributed by atoms with E-state index in [0.29, 0.717) is 53.2 Å². The topological polar surface area (TPSA) is 81.5 Å². The number of methoxy groups -OCH3 is 1. The molecular weight excluding hydrogens is 442 g/mol. The maximum Gasteiger partial charge on any atom is 0.277 e. The number of benzene rings is 1. The molecular formula is C24H28ClN5O3. The summed E-state index contributed by atoms with van der Waals surface area (Å²) in [5, 5.41) is 3.89. The molecule has 8 nitrogen and oxygen atoms in total. The molecule has 0 amide bonds. The molecule has 2 atom stereocenters. The maximum absolute atomic E-state index is 13.3. The zero-order valence-corrected chi connectivity index (χ0v) is 20.0. The summed E-state index contributed by atoms with van der Waals surface area (Å²) in [6, 6.07) is 11.1. The van der Waals surface area contributed by atoms with Crippen LogP contribution in [0.15, 0.2) is 47.4 Å². The zero-order valence-electron chi connectivity index (χ0n) is 19.2. The highest BCUT2D eigenvalue weighted by molar-refractivity contribution is 6.33. The van der Waals surface area contributed by atoms with E-state index in [1.165, 1.54) is 4.57 Å². The summed E-state index contributed by atoms with van der Waals surface area (Å²) >= 11 is 6.45. The highest BCUT2D eigenvalue weighted by Crippen LogP contribution is 2.30. The summed E-state index contributed by atoms with van der Waals surface area (Å²) in [4.78, 5) is 24.7. The second kappa shape index (κ2) is 9.80. The van der Waals surface area contributed by atoms with E-state index in [4.69, 9.17) is 26.1 Å². The number of nitrogens with zero attached hydrogens (tertiary/aromatic N) is 4. The van der Waals surface area contributed by atoms with Gasteiger partial charge >= 0.3 is 0 Å². The average molecular weight is 470 g/mol. The smallest absolute Gasteiger partial charge is 0.277 e. The van der Waals surface area contributed by atoms with E-state index in [2.05, 4.69) is 15.2 Å². The average Bonchev–Trinajstić information content (AvgIpc) is 3.22. The van der Waals surface area contributed by atoms with Gasteiger partial charge in [-0.15, -0.1) is 0 Å². The van der Waals surface area contributed by atoms with Gasteiger partial charge < -0.3 is 19.7 Å². The number of aryl methyl sites for hydroxylation is 1. The number of hydrogen-bond donors (Lipinski definition) is 1. The van der Waals surface area contributed by atoms with E-state index in [0.717, 1.165) is 5.82 Å². The van der Waals surface area contributed by atoms with Gasteiger partial charge in [-0.05, 0) is 44.2 Å². The third-order valence-electron chi connectivity index (χ3n) is 5.84. The summed E-state index contributed by atoms with van der Waals surface area (Å²) in [6.45, 7) is 5.74. The number of pyridine rings is 1. The molecule has 174 valence electrons. The Morgan fingerprint density at radius 3 is 2.73 bits per heavy atom. The van der Waals surface area contributed by atoms with Crippen molar-refractivity contribution in [1.82, 2.24) is 14.5 Å². The number of rotatable bonds is 7. The van der Waals surface area contributed by atoms with Crippen molar-refractivity contribution in [2.24, 2.45) is 7.05 Å². The first-order valence-corrected chi connectivity index (χ1v) is 11.3.